The second kappa shape index (κ2) is 7.02. The Kier molecular flexibility index (Phi) is 6.86. The van der Waals surface area contributed by atoms with E-state index < -0.39 is 16.3 Å². The molecule has 0 saturated carbocycles. The summed E-state index contributed by atoms with van der Waals surface area (Å²) in [5.41, 5.74) is 0. The largest absolute Gasteiger partial charge is 0.452 e. The molecule has 0 aliphatic carbocycles. The predicted octanol–water partition coefficient (Wildman–Crippen LogP) is 0.740. The zero-order valence-corrected chi connectivity index (χ0v) is 11.0. The molecule has 0 heterocycles. The van der Waals surface area contributed by atoms with Crippen LogP contribution >= 0.6 is 15.9 Å². The molecule has 15 heavy (non-hydrogen) atoms. The molecule has 0 radical (unpaired) electrons. The van der Waals surface area contributed by atoms with Gasteiger partial charge in [0.1, 0.15) is 0 Å². The highest BCUT2D eigenvalue weighted by Gasteiger charge is 2.13. The molecule has 1 unspecified atom stereocenters. The number of hydrogen-bond acceptors (Lipinski definition) is 4. The minimum atomic E-state index is -3.78. The fourth-order valence-electron chi connectivity index (χ4n) is 0.777. The predicted molar refractivity (Wildman–Crippen MR) is 60.1 cm³/mol. The van der Waals surface area contributed by atoms with E-state index in [1.54, 1.807) is 4.72 Å². The molecule has 2 N–H and O–H groups in total. The van der Waals surface area contributed by atoms with Gasteiger partial charge in [0.25, 0.3) is 0 Å². The molecule has 0 bridgehead atoms. The average Bonchev–Trinajstić information content (AvgIpc) is 2.11. The smallest absolute Gasteiger partial charge is 0.421 e. The summed E-state index contributed by atoms with van der Waals surface area (Å²) in [7, 11) is -2.69. The SMILES string of the molecule is COC(=O)NS(=O)(=O)NCCCC(C)Br. The zero-order chi connectivity index (χ0) is 11.9. The summed E-state index contributed by atoms with van der Waals surface area (Å²) in [6, 6.07) is 0. The van der Waals surface area contributed by atoms with Gasteiger partial charge < -0.3 is 4.74 Å². The van der Waals surface area contributed by atoms with Crippen molar-refractivity contribution in [2.24, 2.45) is 0 Å². The van der Waals surface area contributed by atoms with Crippen molar-refractivity contribution >= 4 is 32.2 Å². The van der Waals surface area contributed by atoms with Crippen LogP contribution in [0, 0.1) is 0 Å². The summed E-state index contributed by atoms with van der Waals surface area (Å²) < 4.78 is 30.3. The number of ether oxygens (including phenoxy) is 1. The first-order valence-electron chi connectivity index (χ1n) is 4.37. The van der Waals surface area contributed by atoms with Crippen molar-refractivity contribution in [1.82, 2.24) is 9.44 Å². The highest BCUT2D eigenvalue weighted by Crippen LogP contribution is 2.05. The van der Waals surface area contributed by atoms with E-state index in [1.807, 2.05) is 6.92 Å². The normalized spacial score (nSPS) is 13.3. The molecule has 1 amide bonds. The van der Waals surface area contributed by atoms with Crippen molar-refractivity contribution in [3.8, 4) is 0 Å². The lowest BCUT2D eigenvalue weighted by Crippen LogP contribution is -2.40. The van der Waals surface area contributed by atoms with E-state index in [2.05, 4.69) is 25.4 Å². The molecule has 0 rings (SSSR count). The molecular formula is C7H15BrN2O4S. The van der Waals surface area contributed by atoms with Gasteiger partial charge in [-0.1, -0.05) is 22.9 Å². The van der Waals surface area contributed by atoms with Crippen LogP contribution in [0.5, 0.6) is 0 Å². The molecule has 0 aliphatic rings. The molecule has 0 aromatic rings. The Hall–Kier alpha value is -0.340. The van der Waals surface area contributed by atoms with Crippen molar-refractivity contribution < 1.29 is 17.9 Å². The number of rotatable bonds is 6. The Morgan fingerprint density at radius 2 is 2.13 bits per heavy atom. The molecule has 6 nitrogen and oxygen atoms in total. The maximum Gasteiger partial charge on any atom is 0.421 e. The molecule has 0 saturated heterocycles. The number of alkyl halides is 1. The quantitative estimate of drug-likeness (QED) is 0.560. The van der Waals surface area contributed by atoms with Crippen LogP contribution in [0.25, 0.3) is 0 Å². The molecule has 8 heteroatoms. The maximum atomic E-state index is 11.1. The Labute approximate surface area is 98.1 Å². The minimum absolute atomic E-state index is 0.280. The Balaban J connectivity index is 3.80. The van der Waals surface area contributed by atoms with Crippen LogP contribution in [-0.2, 0) is 14.9 Å². The van der Waals surface area contributed by atoms with Gasteiger partial charge in [-0.15, -0.1) is 0 Å². The molecule has 0 aliphatic heterocycles. The van der Waals surface area contributed by atoms with E-state index in [4.69, 9.17) is 0 Å². The second-order valence-corrected chi connectivity index (χ2v) is 5.98. The Bertz CT molecular complexity index is 291. The highest BCUT2D eigenvalue weighted by molar-refractivity contribution is 9.09. The van der Waals surface area contributed by atoms with Crippen LogP contribution < -0.4 is 9.44 Å². The van der Waals surface area contributed by atoms with Gasteiger partial charge in [-0.3, -0.25) is 0 Å². The van der Waals surface area contributed by atoms with Gasteiger partial charge in [0.15, 0.2) is 0 Å². The number of nitrogens with one attached hydrogen (secondary N) is 2. The first-order valence-corrected chi connectivity index (χ1v) is 6.76. The van der Waals surface area contributed by atoms with Gasteiger partial charge in [0.05, 0.1) is 7.11 Å². The third-order valence-electron chi connectivity index (χ3n) is 1.47. The van der Waals surface area contributed by atoms with Crippen molar-refractivity contribution in [1.29, 1.82) is 0 Å². The number of methoxy groups -OCH3 is 1. The van der Waals surface area contributed by atoms with Gasteiger partial charge in [-0.05, 0) is 12.8 Å². The first-order chi connectivity index (χ1) is 6.87. The zero-order valence-electron chi connectivity index (χ0n) is 8.62. The van der Waals surface area contributed by atoms with Crippen molar-refractivity contribution in [3.63, 3.8) is 0 Å². The van der Waals surface area contributed by atoms with E-state index in [1.165, 1.54) is 0 Å². The van der Waals surface area contributed by atoms with Crippen LogP contribution in [-0.4, -0.2) is 33.0 Å². The third kappa shape index (κ3) is 8.64. The molecule has 0 aromatic carbocycles. The molecule has 90 valence electrons. The van der Waals surface area contributed by atoms with Crippen LogP contribution in [0.4, 0.5) is 4.79 Å². The lowest BCUT2D eigenvalue weighted by molar-refractivity contribution is 0.177. The van der Waals surface area contributed by atoms with E-state index in [0.29, 0.717) is 11.2 Å². The van der Waals surface area contributed by atoms with Crippen molar-refractivity contribution in [3.05, 3.63) is 0 Å². The van der Waals surface area contributed by atoms with Gasteiger partial charge in [0, 0.05) is 11.4 Å². The summed E-state index contributed by atoms with van der Waals surface area (Å²) in [5.74, 6) is 0. The van der Waals surface area contributed by atoms with Crippen molar-refractivity contribution in [2.75, 3.05) is 13.7 Å². The summed E-state index contributed by atoms with van der Waals surface area (Å²) in [5, 5.41) is 0. The van der Waals surface area contributed by atoms with Crippen LogP contribution in [0.15, 0.2) is 0 Å². The fourth-order valence-corrected chi connectivity index (χ4v) is 1.89. The van der Waals surface area contributed by atoms with E-state index in [9.17, 15) is 13.2 Å². The van der Waals surface area contributed by atoms with Crippen LogP contribution in [0.1, 0.15) is 19.8 Å². The maximum absolute atomic E-state index is 11.1. The summed E-state index contributed by atoms with van der Waals surface area (Å²) >= 11 is 3.34. The van der Waals surface area contributed by atoms with Crippen molar-refractivity contribution in [2.45, 2.75) is 24.6 Å². The van der Waals surface area contributed by atoms with Crippen LogP contribution in [0.2, 0.25) is 0 Å². The molecule has 0 fully saturated rings. The monoisotopic (exact) mass is 302 g/mol. The second-order valence-electron chi connectivity index (χ2n) is 2.91. The van der Waals surface area contributed by atoms with E-state index >= 15 is 0 Å². The topological polar surface area (TPSA) is 84.5 Å². The Morgan fingerprint density at radius 3 is 2.60 bits per heavy atom. The first kappa shape index (κ1) is 14.7. The summed E-state index contributed by atoms with van der Waals surface area (Å²) in [4.78, 5) is 11.0. The fraction of sp³-hybridized carbons (Fsp3) is 0.857. The van der Waals surface area contributed by atoms with Gasteiger partial charge in [0.2, 0.25) is 0 Å². The van der Waals surface area contributed by atoms with E-state index in [0.717, 1.165) is 13.5 Å². The standard InChI is InChI=1S/C7H15BrN2O4S/c1-6(8)4-3-5-9-15(12,13)10-7(11)14-2/h6,9H,3-5H2,1-2H3,(H,10,11). The number of amides is 1. The minimum Gasteiger partial charge on any atom is -0.452 e. The molecule has 0 spiro atoms. The number of hydrogen-bond donors (Lipinski definition) is 2. The number of carbonyl (C=O) groups excluding carboxylic acids is 1. The molecule has 1 atom stereocenters. The average molecular weight is 303 g/mol. The van der Waals surface area contributed by atoms with E-state index in [-0.39, 0.29) is 6.54 Å². The Morgan fingerprint density at radius 1 is 1.53 bits per heavy atom. The summed E-state index contributed by atoms with van der Waals surface area (Å²) in [6.07, 6.45) is 0.534. The lowest BCUT2D eigenvalue weighted by Gasteiger charge is -2.07. The van der Waals surface area contributed by atoms with Crippen LogP contribution in [0.3, 0.4) is 0 Å². The summed E-state index contributed by atoms with van der Waals surface area (Å²) in [6.45, 7) is 2.25. The third-order valence-corrected chi connectivity index (χ3v) is 2.95. The molecular weight excluding hydrogens is 288 g/mol. The van der Waals surface area contributed by atoms with Gasteiger partial charge in [-0.2, -0.15) is 13.1 Å². The highest BCUT2D eigenvalue weighted by atomic mass is 79.9. The lowest BCUT2D eigenvalue weighted by atomic mass is 10.2. The molecule has 0 aromatic heterocycles. The van der Waals surface area contributed by atoms with Gasteiger partial charge >= 0.3 is 16.3 Å². The number of carbonyl (C=O) groups is 1. The van der Waals surface area contributed by atoms with Gasteiger partial charge in [-0.25, -0.2) is 9.52 Å². The number of halogens is 1.